The standard InChI is InChI=1S/C15H18BrFN2O2S/c1-11-14(16)15(12-5-7-13(17)8-6-12)19(18-11)9-3-4-10-22(2,20)21/h5-8H,3-4,9-10H2,1-2H3. The summed E-state index contributed by atoms with van der Waals surface area (Å²) in [5.41, 5.74) is 2.61. The highest BCUT2D eigenvalue weighted by Crippen LogP contribution is 2.31. The number of nitrogens with zero attached hydrogens (tertiary/aromatic N) is 2. The van der Waals surface area contributed by atoms with Gasteiger partial charge in [0.1, 0.15) is 15.7 Å². The first-order valence-corrected chi connectivity index (χ1v) is 9.80. The number of rotatable bonds is 6. The van der Waals surface area contributed by atoms with Crippen LogP contribution in [0, 0.1) is 12.7 Å². The Kier molecular flexibility index (Phi) is 5.39. The number of hydrogen-bond donors (Lipinski definition) is 0. The molecule has 0 fully saturated rings. The SMILES string of the molecule is Cc1nn(CCCCS(C)(=O)=O)c(-c2ccc(F)cc2)c1Br. The van der Waals surface area contributed by atoms with Gasteiger partial charge in [0, 0.05) is 24.1 Å². The Morgan fingerprint density at radius 1 is 1.23 bits per heavy atom. The van der Waals surface area contributed by atoms with E-state index in [0.717, 1.165) is 27.8 Å². The molecular formula is C15H18BrFN2O2S. The fraction of sp³-hybridized carbons (Fsp3) is 0.400. The van der Waals surface area contributed by atoms with E-state index in [2.05, 4.69) is 21.0 Å². The summed E-state index contributed by atoms with van der Waals surface area (Å²) in [5.74, 6) is -0.101. The average molecular weight is 389 g/mol. The highest BCUT2D eigenvalue weighted by atomic mass is 79.9. The van der Waals surface area contributed by atoms with Crippen LogP contribution in [-0.2, 0) is 16.4 Å². The van der Waals surface area contributed by atoms with Crippen molar-refractivity contribution in [2.45, 2.75) is 26.3 Å². The van der Waals surface area contributed by atoms with E-state index in [4.69, 9.17) is 0 Å². The van der Waals surface area contributed by atoms with Crippen molar-refractivity contribution in [1.82, 2.24) is 9.78 Å². The van der Waals surface area contributed by atoms with Crippen molar-refractivity contribution in [2.75, 3.05) is 12.0 Å². The van der Waals surface area contributed by atoms with E-state index in [1.165, 1.54) is 18.4 Å². The number of benzene rings is 1. The van der Waals surface area contributed by atoms with Gasteiger partial charge in [-0.2, -0.15) is 5.10 Å². The van der Waals surface area contributed by atoms with E-state index in [1.807, 2.05) is 11.6 Å². The lowest BCUT2D eigenvalue weighted by Gasteiger charge is -2.08. The third kappa shape index (κ3) is 4.39. The van der Waals surface area contributed by atoms with Crippen molar-refractivity contribution in [2.24, 2.45) is 0 Å². The molecule has 0 N–H and O–H groups in total. The summed E-state index contributed by atoms with van der Waals surface area (Å²) < 4.78 is 38.1. The lowest BCUT2D eigenvalue weighted by Crippen LogP contribution is -2.07. The average Bonchev–Trinajstić information content (AvgIpc) is 2.71. The molecule has 0 bridgehead atoms. The summed E-state index contributed by atoms with van der Waals surface area (Å²) in [7, 11) is -2.93. The maximum Gasteiger partial charge on any atom is 0.147 e. The maximum atomic E-state index is 13.1. The summed E-state index contributed by atoms with van der Waals surface area (Å²) in [6.45, 7) is 2.51. The van der Waals surface area contributed by atoms with Gasteiger partial charge in [-0.1, -0.05) is 0 Å². The zero-order valence-corrected chi connectivity index (χ0v) is 14.9. The smallest absolute Gasteiger partial charge is 0.147 e. The maximum absolute atomic E-state index is 13.1. The molecule has 0 atom stereocenters. The molecule has 22 heavy (non-hydrogen) atoms. The van der Waals surface area contributed by atoms with Gasteiger partial charge >= 0.3 is 0 Å². The number of sulfone groups is 1. The minimum Gasteiger partial charge on any atom is -0.263 e. The number of aryl methyl sites for hydroxylation is 2. The first-order chi connectivity index (χ1) is 10.3. The van der Waals surface area contributed by atoms with Crippen molar-refractivity contribution in [3.63, 3.8) is 0 Å². The van der Waals surface area contributed by atoms with Gasteiger partial charge in [0.05, 0.1) is 15.9 Å². The third-order valence-electron chi connectivity index (χ3n) is 3.31. The Bertz CT molecular complexity index is 755. The first-order valence-electron chi connectivity index (χ1n) is 6.94. The molecule has 0 radical (unpaired) electrons. The highest BCUT2D eigenvalue weighted by Gasteiger charge is 2.15. The molecule has 0 unspecified atom stereocenters. The second kappa shape index (κ2) is 6.91. The van der Waals surface area contributed by atoms with Crippen LogP contribution in [0.25, 0.3) is 11.3 Å². The van der Waals surface area contributed by atoms with Crippen molar-refractivity contribution in [3.05, 3.63) is 40.2 Å². The summed E-state index contributed by atoms with van der Waals surface area (Å²) in [6, 6.07) is 6.25. The molecule has 4 nitrogen and oxygen atoms in total. The van der Waals surface area contributed by atoms with Gasteiger partial charge in [0.25, 0.3) is 0 Å². The van der Waals surface area contributed by atoms with Gasteiger partial charge in [-0.15, -0.1) is 0 Å². The summed E-state index contributed by atoms with van der Waals surface area (Å²) in [4.78, 5) is 0. The quantitative estimate of drug-likeness (QED) is 0.710. The molecule has 7 heteroatoms. The van der Waals surface area contributed by atoms with Crippen LogP contribution >= 0.6 is 15.9 Å². The van der Waals surface area contributed by atoms with E-state index in [1.54, 1.807) is 12.1 Å². The van der Waals surface area contributed by atoms with Crippen LogP contribution in [0.5, 0.6) is 0 Å². The first kappa shape index (κ1) is 17.1. The van der Waals surface area contributed by atoms with Crippen LogP contribution in [0.1, 0.15) is 18.5 Å². The van der Waals surface area contributed by atoms with Crippen LogP contribution in [0.4, 0.5) is 4.39 Å². The lowest BCUT2D eigenvalue weighted by molar-refractivity contribution is 0.563. The molecule has 0 aliphatic rings. The zero-order chi connectivity index (χ0) is 16.3. The highest BCUT2D eigenvalue weighted by molar-refractivity contribution is 9.10. The molecule has 0 saturated carbocycles. The molecule has 1 aromatic carbocycles. The molecule has 0 amide bonds. The predicted molar refractivity (Wildman–Crippen MR) is 89.0 cm³/mol. The van der Waals surface area contributed by atoms with E-state index in [0.29, 0.717) is 13.0 Å². The summed E-state index contributed by atoms with van der Waals surface area (Å²) >= 11 is 3.52. The number of unbranched alkanes of at least 4 members (excludes halogenated alkanes) is 1. The fourth-order valence-corrected chi connectivity index (χ4v) is 3.47. The topological polar surface area (TPSA) is 52.0 Å². The van der Waals surface area contributed by atoms with Crippen LogP contribution in [-0.4, -0.2) is 30.2 Å². The molecule has 0 spiro atoms. The van der Waals surface area contributed by atoms with E-state index in [9.17, 15) is 12.8 Å². The van der Waals surface area contributed by atoms with E-state index >= 15 is 0 Å². The molecule has 0 aliphatic heterocycles. The van der Waals surface area contributed by atoms with Crippen LogP contribution < -0.4 is 0 Å². The molecule has 1 heterocycles. The van der Waals surface area contributed by atoms with Gasteiger partial charge < -0.3 is 0 Å². The van der Waals surface area contributed by atoms with Gasteiger partial charge in [0.2, 0.25) is 0 Å². The summed E-state index contributed by atoms with van der Waals surface area (Å²) in [5, 5.41) is 4.47. The number of aromatic nitrogens is 2. The van der Waals surface area contributed by atoms with Crippen molar-refractivity contribution >= 4 is 25.8 Å². The van der Waals surface area contributed by atoms with Crippen molar-refractivity contribution in [1.29, 1.82) is 0 Å². The molecule has 2 rings (SSSR count). The van der Waals surface area contributed by atoms with Gasteiger partial charge in [-0.25, -0.2) is 12.8 Å². The third-order valence-corrected chi connectivity index (χ3v) is 5.29. The van der Waals surface area contributed by atoms with Crippen LogP contribution in [0.2, 0.25) is 0 Å². The fourth-order valence-electron chi connectivity index (χ4n) is 2.23. The number of halogens is 2. The van der Waals surface area contributed by atoms with Crippen molar-refractivity contribution < 1.29 is 12.8 Å². The molecule has 0 aliphatic carbocycles. The molecule has 0 saturated heterocycles. The Balaban J connectivity index is 2.18. The largest absolute Gasteiger partial charge is 0.263 e. The minimum atomic E-state index is -2.93. The zero-order valence-electron chi connectivity index (χ0n) is 12.5. The van der Waals surface area contributed by atoms with Gasteiger partial charge in [0.15, 0.2) is 0 Å². The predicted octanol–water partition coefficient (Wildman–Crippen LogP) is 3.58. The molecule has 120 valence electrons. The summed E-state index contributed by atoms with van der Waals surface area (Å²) in [6.07, 6.45) is 2.55. The monoisotopic (exact) mass is 388 g/mol. The number of hydrogen-bond acceptors (Lipinski definition) is 3. The minimum absolute atomic E-state index is 0.181. The second-order valence-corrected chi connectivity index (χ2v) is 8.37. The van der Waals surface area contributed by atoms with E-state index in [-0.39, 0.29) is 11.6 Å². The Hall–Kier alpha value is -1.21. The Morgan fingerprint density at radius 2 is 1.86 bits per heavy atom. The molecular weight excluding hydrogens is 371 g/mol. The second-order valence-electron chi connectivity index (χ2n) is 5.32. The Morgan fingerprint density at radius 3 is 2.45 bits per heavy atom. The normalized spacial score (nSPS) is 11.8. The lowest BCUT2D eigenvalue weighted by atomic mass is 10.1. The van der Waals surface area contributed by atoms with Crippen molar-refractivity contribution in [3.8, 4) is 11.3 Å². The van der Waals surface area contributed by atoms with E-state index < -0.39 is 9.84 Å². The Labute approximate surface area is 138 Å². The van der Waals surface area contributed by atoms with Gasteiger partial charge in [-0.3, -0.25) is 4.68 Å². The molecule has 1 aromatic heterocycles. The molecule has 2 aromatic rings. The van der Waals surface area contributed by atoms with Crippen LogP contribution in [0.15, 0.2) is 28.7 Å². The van der Waals surface area contributed by atoms with Crippen LogP contribution in [0.3, 0.4) is 0 Å². The van der Waals surface area contributed by atoms with Gasteiger partial charge in [-0.05, 0) is 60.0 Å².